The molecule has 3 nitrogen and oxygen atoms in total. The van der Waals surface area contributed by atoms with Crippen LogP contribution < -0.4 is 10.1 Å². The van der Waals surface area contributed by atoms with Gasteiger partial charge in [-0.2, -0.15) is 0 Å². The zero-order valence-electron chi connectivity index (χ0n) is 14.5. The second-order valence-corrected chi connectivity index (χ2v) is 8.35. The predicted molar refractivity (Wildman–Crippen MR) is 97.9 cm³/mol. The topological polar surface area (TPSA) is 38.3 Å². The van der Waals surface area contributed by atoms with Gasteiger partial charge in [-0.1, -0.05) is 46.1 Å². The lowest BCUT2D eigenvalue weighted by molar-refractivity contribution is -0.123. The van der Waals surface area contributed by atoms with E-state index in [0.29, 0.717) is 11.7 Å². The van der Waals surface area contributed by atoms with E-state index in [1.54, 1.807) is 0 Å². The molecule has 1 aliphatic rings. The van der Waals surface area contributed by atoms with E-state index in [1.165, 1.54) is 37.7 Å². The molecule has 0 radical (unpaired) electrons. The van der Waals surface area contributed by atoms with E-state index in [-0.39, 0.29) is 17.9 Å². The van der Waals surface area contributed by atoms with Gasteiger partial charge in [0.1, 0.15) is 5.75 Å². The number of halogens is 1. The first-order valence-corrected chi connectivity index (χ1v) is 9.35. The number of hydrogen-bond donors (Lipinski definition) is 1. The van der Waals surface area contributed by atoms with Crippen molar-refractivity contribution >= 4 is 21.8 Å². The zero-order valence-corrected chi connectivity index (χ0v) is 16.0. The Balaban J connectivity index is 1.79. The first kappa shape index (κ1) is 18.3. The monoisotopic (exact) mass is 381 g/mol. The van der Waals surface area contributed by atoms with Gasteiger partial charge in [0.2, 0.25) is 0 Å². The average molecular weight is 382 g/mol. The smallest absolute Gasteiger partial charge is 0.257 e. The van der Waals surface area contributed by atoms with E-state index in [9.17, 15) is 4.79 Å². The quantitative estimate of drug-likeness (QED) is 0.793. The maximum atomic E-state index is 11.9. The minimum atomic E-state index is -0.0395. The molecule has 128 valence electrons. The van der Waals surface area contributed by atoms with Crippen LogP contribution in [0.25, 0.3) is 0 Å². The molecule has 0 heterocycles. The third-order valence-corrected chi connectivity index (χ3v) is 5.09. The van der Waals surface area contributed by atoms with E-state index < -0.39 is 0 Å². The molecule has 0 aliphatic heterocycles. The Hall–Kier alpha value is -1.03. The van der Waals surface area contributed by atoms with Crippen LogP contribution in [-0.2, 0) is 10.2 Å². The van der Waals surface area contributed by atoms with Crippen LogP contribution in [0.2, 0.25) is 0 Å². The molecule has 0 spiro atoms. The number of ether oxygens (including phenoxy) is 1. The summed E-state index contributed by atoms with van der Waals surface area (Å²) in [4.78, 5) is 11.9. The van der Waals surface area contributed by atoms with Gasteiger partial charge in [-0.3, -0.25) is 4.79 Å². The number of nitrogens with one attached hydrogen (secondary N) is 1. The molecule has 1 saturated carbocycles. The molecule has 1 fully saturated rings. The molecule has 23 heavy (non-hydrogen) atoms. The van der Waals surface area contributed by atoms with Crippen molar-refractivity contribution in [1.29, 1.82) is 0 Å². The summed E-state index contributed by atoms with van der Waals surface area (Å²) in [5.74, 6) is 1.32. The highest BCUT2D eigenvalue weighted by Gasteiger charge is 2.16. The summed E-state index contributed by atoms with van der Waals surface area (Å²) in [5.41, 5.74) is 1.33. The molecule has 1 aromatic carbocycles. The zero-order chi connectivity index (χ0) is 16.9. The number of hydrogen-bond acceptors (Lipinski definition) is 2. The Labute approximate surface area is 148 Å². The summed E-state index contributed by atoms with van der Waals surface area (Å²) in [7, 11) is 0. The molecule has 0 atom stereocenters. The molecule has 0 saturated heterocycles. The summed E-state index contributed by atoms with van der Waals surface area (Å²) in [6, 6.07) is 6.05. The standard InChI is InChI=1S/C19H28BrNO2/c1-19(2,3)15-9-10-17(16(20)11-15)23-13-18(22)21-12-14-7-5-4-6-8-14/h9-11,14H,4-8,12-13H2,1-3H3,(H,21,22). The van der Waals surface area contributed by atoms with E-state index in [1.807, 2.05) is 6.07 Å². The van der Waals surface area contributed by atoms with Gasteiger partial charge in [-0.05, 0) is 57.8 Å². The van der Waals surface area contributed by atoms with Crippen molar-refractivity contribution in [3.63, 3.8) is 0 Å². The molecule has 1 aromatic rings. The highest BCUT2D eigenvalue weighted by molar-refractivity contribution is 9.10. The number of rotatable bonds is 5. The Kier molecular flexibility index (Phi) is 6.51. The second kappa shape index (κ2) is 8.18. The Bertz CT molecular complexity index is 531. The second-order valence-electron chi connectivity index (χ2n) is 7.49. The Morgan fingerprint density at radius 1 is 1.26 bits per heavy atom. The molecule has 2 rings (SSSR count). The van der Waals surface area contributed by atoms with Crippen molar-refractivity contribution in [3.05, 3.63) is 28.2 Å². The van der Waals surface area contributed by atoms with Gasteiger partial charge in [0.05, 0.1) is 4.47 Å². The van der Waals surface area contributed by atoms with Crippen molar-refractivity contribution in [3.8, 4) is 5.75 Å². The molecule has 1 amide bonds. The average Bonchev–Trinajstić information content (AvgIpc) is 2.51. The lowest BCUT2D eigenvalue weighted by atomic mass is 9.87. The van der Waals surface area contributed by atoms with Crippen LogP contribution in [0.3, 0.4) is 0 Å². The maximum Gasteiger partial charge on any atom is 0.257 e. The fraction of sp³-hybridized carbons (Fsp3) is 0.632. The van der Waals surface area contributed by atoms with E-state index in [4.69, 9.17) is 4.74 Å². The highest BCUT2D eigenvalue weighted by atomic mass is 79.9. The summed E-state index contributed by atoms with van der Waals surface area (Å²) >= 11 is 3.53. The van der Waals surface area contributed by atoms with Gasteiger partial charge in [-0.25, -0.2) is 0 Å². The fourth-order valence-electron chi connectivity index (χ4n) is 2.93. The predicted octanol–water partition coefficient (Wildman–Crippen LogP) is 4.82. The lowest BCUT2D eigenvalue weighted by Gasteiger charge is -2.22. The van der Waals surface area contributed by atoms with E-state index in [0.717, 1.165) is 11.0 Å². The summed E-state index contributed by atoms with van der Waals surface area (Å²) in [6.07, 6.45) is 6.41. The van der Waals surface area contributed by atoms with Crippen molar-refractivity contribution in [2.75, 3.05) is 13.2 Å². The van der Waals surface area contributed by atoms with Crippen LogP contribution in [0.5, 0.6) is 5.75 Å². The third-order valence-electron chi connectivity index (χ3n) is 4.47. The van der Waals surface area contributed by atoms with Crippen molar-refractivity contribution in [2.45, 2.75) is 58.3 Å². The maximum absolute atomic E-state index is 11.9. The van der Waals surface area contributed by atoms with Gasteiger partial charge in [0.25, 0.3) is 5.91 Å². The van der Waals surface area contributed by atoms with Gasteiger partial charge < -0.3 is 10.1 Å². The van der Waals surface area contributed by atoms with Crippen molar-refractivity contribution in [1.82, 2.24) is 5.32 Å². The van der Waals surface area contributed by atoms with E-state index in [2.05, 4.69) is 54.2 Å². The van der Waals surface area contributed by atoms with Crippen LogP contribution >= 0.6 is 15.9 Å². The van der Waals surface area contributed by atoms with Gasteiger partial charge >= 0.3 is 0 Å². The van der Waals surface area contributed by atoms with Gasteiger partial charge in [0, 0.05) is 6.54 Å². The largest absolute Gasteiger partial charge is 0.483 e. The molecule has 0 bridgehead atoms. The number of benzene rings is 1. The Morgan fingerprint density at radius 2 is 1.96 bits per heavy atom. The van der Waals surface area contributed by atoms with Crippen LogP contribution in [-0.4, -0.2) is 19.1 Å². The molecule has 1 aliphatic carbocycles. The lowest BCUT2D eigenvalue weighted by Crippen LogP contribution is -2.33. The molecule has 0 unspecified atom stereocenters. The molecule has 4 heteroatoms. The van der Waals surface area contributed by atoms with Gasteiger partial charge in [0.15, 0.2) is 6.61 Å². The van der Waals surface area contributed by atoms with Gasteiger partial charge in [-0.15, -0.1) is 0 Å². The molecular weight excluding hydrogens is 354 g/mol. The van der Waals surface area contributed by atoms with Crippen LogP contribution in [0.4, 0.5) is 0 Å². The van der Waals surface area contributed by atoms with Crippen molar-refractivity contribution in [2.24, 2.45) is 5.92 Å². The third kappa shape index (κ3) is 5.83. The minimum absolute atomic E-state index is 0.0395. The first-order valence-electron chi connectivity index (χ1n) is 8.56. The molecule has 0 aromatic heterocycles. The van der Waals surface area contributed by atoms with Crippen LogP contribution in [0, 0.1) is 5.92 Å². The summed E-state index contributed by atoms with van der Waals surface area (Å²) in [6.45, 7) is 7.38. The van der Waals surface area contributed by atoms with Crippen molar-refractivity contribution < 1.29 is 9.53 Å². The number of carbonyl (C=O) groups excluding carboxylic acids is 1. The molecular formula is C19H28BrNO2. The van der Waals surface area contributed by atoms with Crippen LogP contribution in [0.1, 0.15) is 58.4 Å². The normalized spacial score (nSPS) is 16.2. The fourth-order valence-corrected chi connectivity index (χ4v) is 3.42. The van der Waals surface area contributed by atoms with Crippen LogP contribution in [0.15, 0.2) is 22.7 Å². The molecule has 1 N–H and O–H groups in total. The highest BCUT2D eigenvalue weighted by Crippen LogP contribution is 2.31. The summed E-state index contributed by atoms with van der Waals surface area (Å²) < 4.78 is 6.54. The minimum Gasteiger partial charge on any atom is -0.483 e. The summed E-state index contributed by atoms with van der Waals surface area (Å²) in [5, 5.41) is 3.00. The number of amides is 1. The van der Waals surface area contributed by atoms with E-state index >= 15 is 0 Å². The SMILES string of the molecule is CC(C)(C)c1ccc(OCC(=O)NCC2CCCCC2)c(Br)c1. The first-order chi connectivity index (χ1) is 10.9. The number of carbonyl (C=O) groups is 1. The Morgan fingerprint density at radius 3 is 2.57 bits per heavy atom.